The number of aromatic nitrogens is 4. The normalized spacial score (nSPS) is 10.5. The molecule has 0 radical (unpaired) electrons. The zero-order valence-corrected chi connectivity index (χ0v) is 13.6. The van der Waals surface area contributed by atoms with Gasteiger partial charge in [0.1, 0.15) is 0 Å². The second-order valence-corrected chi connectivity index (χ2v) is 5.57. The Morgan fingerprint density at radius 1 is 1.29 bits per heavy atom. The van der Waals surface area contributed by atoms with E-state index in [0.717, 1.165) is 18.7 Å². The first kappa shape index (κ1) is 15.4. The topological polar surface area (TPSA) is 76.1 Å². The van der Waals surface area contributed by atoms with Gasteiger partial charge < -0.3 is 15.0 Å². The lowest BCUT2D eigenvalue weighted by Gasteiger charge is -2.13. The maximum Gasteiger partial charge on any atom is 0.323 e. The van der Waals surface area contributed by atoms with E-state index in [9.17, 15) is 0 Å². The molecule has 0 amide bonds. The van der Waals surface area contributed by atoms with Crippen molar-refractivity contribution in [2.24, 2.45) is 0 Å². The quantitative estimate of drug-likeness (QED) is 0.835. The van der Waals surface area contributed by atoms with Crippen molar-refractivity contribution in [3.8, 4) is 6.01 Å². The van der Waals surface area contributed by atoms with E-state index < -0.39 is 0 Å². The molecule has 0 aromatic carbocycles. The minimum absolute atomic E-state index is 0.340. The molecule has 0 aliphatic heterocycles. The van der Waals surface area contributed by atoms with Gasteiger partial charge in [-0.15, -0.1) is 11.3 Å². The summed E-state index contributed by atoms with van der Waals surface area (Å²) in [6.07, 6.45) is 0.802. The summed E-state index contributed by atoms with van der Waals surface area (Å²) in [4.78, 5) is 20.1. The van der Waals surface area contributed by atoms with Crippen LogP contribution in [0.2, 0.25) is 0 Å². The van der Waals surface area contributed by atoms with Gasteiger partial charge in [-0.3, -0.25) is 0 Å². The van der Waals surface area contributed by atoms with Crippen LogP contribution in [0.5, 0.6) is 6.01 Å². The van der Waals surface area contributed by atoms with E-state index in [-0.39, 0.29) is 0 Å². The lowest BCUT2D eigenvalue weighted by molar-refractivity contribution is 0.296. The molecule has 0 saturated carbocycles. The Labute approximate surface area is 128 Å². The molecule has 0 atom stereocenters. The van der Waals surface area contributed by atoms with Gasteiger partial charge >= 0.3 is 6.01 Å². The SMILES string of the molecule is CCNc1nc(OCCc2scnc2C)nc(N(C)C)n1. The number of nitrogens with zero attached hydrogens (tertiary/aromatic N) is 5. The van der Waals surface area contributed by atoms with Crippen molar-refractivity contribution in [1.29, 1.82) is 0 Å². The molecule has 2 heterocycles. The minimum atomic E-state index is 0.340. The number of thiazole rings is 1. The van der Waals surface area contributed by atoms with Gasteiger partial charge in [0.15, 0.2) is 0 Å². The molecule has 0 aliphatic carbocycles. The standard InChI is InChI=1S/C13H20N6OS/c1-5-14-11-16-12(19(3)4)18-13(17-11)20-7-6-10-9(2)15-8-21-10/h8H,5-7H2,1-4H3,(H,14,16,17,18). The number of nitrogens with one attached hydrogen (secondary N) is 1. The highest BCUT2D eigenvalue weighted by molar-refractivity contribution is 7.09. The summed E-state index contributed by atoms with van der Waals surface area (Å²) in [6, 6.07) is 0.340. The van der Waals surface area contributed by atoms with Crippen molar-refractivity contribution in [3.05, 3.63) is 16.1 Å². The summed E-state index contributed by atoms with van der Waals surface area (Å²) in [7, 11) is 3.77. The number of anilines is 2. The van der Waals surface area contributed by atoms with E-state index in [2.05, 4.69) is 25.3 Å². The average molecular weight is 308 g/mol. The summed E-state index contributed by atoms with van der Waals surface area (Å²) in [6.45, 7) is 5.26. The molecule has 114 valence electrons. The summed E-state index contributed by atoms with van der Waals surface area (Å²) >= 11 is 1.64. The lowest BCUT2D eigenvalue weighted by atomic mass is 10.3. The molecule has 0 spiro atoms. The highest BCUT2D eigenvalue weighted by atomic mass is 32.1. The first-order valence-corrected chi connectivity index (χ1v) is 7.67. The van der Waals surface area contributed by atoms with Crippen LogP contribution in [0.4, 0.5) is 11.9 Å². The van der Waals surface area contributed by atoms with Crippen molar-refractivity contribution < 1.29 is 4.74 Å². The zero-order chi connectivity index (χ0) is 15.2. The van der Waals surface area contributed by atoms with Gasteiger partial charge in [0.25, 0.3) is 0 Å². The number of hydrogen-bond donors (Lipinski definition) is 1. The van der Waals surface area contributed by atoms with Crippen molar-refractivity contribution >= 4 is 23.2 Å². The molecule has 0 aliphatic rings. The molecule has 0 unspecified atom stereocenters. The van der Waals surface area contributed by atoms with Crippen LogP contribution >= 0.6 is 11.3 Å². The largest absolute Gasteiger partial charge is 0.463 e. The Hall–Kier alpha value is -1.96. The maximum absolute atomic E-state index is 5.66. The van der Waals surface area contributed by atoms with Crippen molar-refractivity contribution in [2.45, 2.75) is 20.3 Å². The fourth-order valence-corrected chi connectivity index (χ4v) is 2.41. The Balaban J connectivity index is 2.02. The third kappa shape index (κ3) is 4.25. The summed E-state index contributed by atoms with van der Waals surface area (Å²) in [5.74, 6) is 1.10. The van der Waals surface area contributed by atoms with E-state index in [1.165, 1.54) is 4.88 Å². The van der Waals surface area contributed by atoms with Crippen molar-refractivity contribution in [2.75, 3.05) is 37.5 Å². The van der Waals surface area contributed by atoms with Gasteiger partial charge in [-0.05, 0) is 13.8 Å². The molecule has 2 rings (SSSR count). The monoisotopic (exact) mass is 308 g/mol. The second kappa shape index (κ2) is 7.16. The van der Waals surface area contributed by atoms with E-state index >= 15 is 0 Å². The number of aryl methyl sites for hydroxylation is 1. The Morgan fingerprint density at radius 2 is 2.10 bits per heavy atom. The third-order valence-electron chi connectivity index (χ3n) is 2.74. The van der Waals surface area contributed by atoms with Crippen LogP contribution in [0.3, 0.4) is 0 Å². The van der Waals surface area contributed by atoms with Crippen LogP contribution in [0, 0.1) is 6.92 Å². The Kier molecular flexibility index (Phi) is 5.26. The third-order valence-corrected chi connectivity index (χ3v) is 3.74. The van der Waals surface area contributed by atoms with E-state index in [4.69, 9.17) is 4.74 Å². The maximum atomic E-state index is 5.66. The van der Waals surface area contributed by atoms with Crippen LogP contribution in [0.15, 0.2) is 5.51 Å². The van der Waals surface area contributed by atoms with Crippen LogP contribution in [-0.2, 0) is 6.42 Å². The number of hydrogen-bond acceptors (Lipinski definition) is 8. The van der Waals surface area contributed by atoms with Gasteiger partial charge in [0.2, 0.25) is 11.9 Å². The fourth-order valence-electron chi connectivity index (χ4n) is 1.65. The van der Waals surface area contributed by atoms with Crippen molar-refractivity contribution in [1.82, 2.24) is 19.9 Å². The van der Waals surface area contributed by atoms with E-state index in [0.29, 0.717) is 24.5 Å². The van der Waals surface area contributed by atoms with Crippen LogP contribution in [0.1, 0.15) is 17.5 Å². The van der Waals surface area contributed by atoms with Gasteiger partial charge in [-0.1, -0.05) is 0 Å². The average Bonchev–Trinajstić information content (AvgIpc) is 2.84. The molecule has 8 heteroatoms. The molecule has 7 nitrogen and oxygen atoms in total. The summed E-state index contributed by atoms with van der Waals surface area (Å²) < 4.78 is 5.66. The van der Waals surface area contributed by atoms with E-state index in [1.807, 2.05) is 38.4 Å². The molecule has 2 aromatic heterocycles. The highest BCUT2D eigenvalue weighted by Crippen LogP contribution is 2.15. The Morgan fingerprint density at radius 3 is 2.71 bits per heavy atom. The molecule has 0 saturated heterocycles. The van der Waals surface area contributed by atoms with Gasteiger partial charge in [-0.2, -0.15) is 15.0 Å². The molecule has 1 N–H and O–H groups in total. The fraction of sp³-hybridized carbons (Fsp3) is 0.538. The van der Waals surface area contributed by atoms with Crippen LogP contribution in [0.25, 0.3) is 0 Å². The molecular formula is C13H20N6OS. The van der Waals surface area contributed by atoms with E-state index in [1.54, 1.807) is 11.3 Å². The van der Waals surface area contributed by atoms with Crippen LogP contribution in [-0.4, -0.2) is 47.2 Å². The summed E-state index contributed by atoms with van der Waals surface area (Å²) in [5, 5.41) is 3.08. The zero-order valence-electron chi connectivity index (χ0n) is 12.8. The minimum Gasteiger partial charge on any atom is -0.463 e. The van der Waals surface area contributed by atoms with Gasteiger partial charge in [-0.25, -0.2) is 4.98 Å². The highest BCUT2D eigenvalue weighted by Gasteiger charge is 2.09. The van der Waals surface area contributed by atoms with Gasteiger partial charge in [0, 0.05) is 31.9 Å². The molecule has 0 bridgehead atoms. The second-order valence-electron chi connectivity index (χ2n) is 4.63. The predicted molar refractivity (Wildman–Crippen MR) is 84.4 cm³/mol. The first-order chi connectivity index (χ1) is 10.1. The first-order valence-electron chi connectivity index (χ1n) is 6.79. The molecule has 21 heavy (non-hydrogen) atoms. The summed E-state index contributed by atoms with van der Waals surface area (Å²) in [5.41, 5.74) is 2.91. The van der Waals surface area contributed by atoms with Crippen LogP contribution < -0.4 is 15.0 Å². The molecule has 2 aromatic rings. The van der Waals surface area contributed by atoms with Gasteiger partial charge in [0.05, 0.1) is 17.8 Å². The smallest absolute Gasteiger partial charge is 0.323 e. The number of ether oxygens (including phenoxy) is 1. The molecule has 0 fully saturated rings. The molecular weight excluding hydrogens is 288 g/mol. The van der Waals surface area contributed by atoms with Crippen molar-refractivity contribution in [3.63, 3.8) is 0 Å². The predicted octanol–water partition coefficient (Wildman–Crippen LogP) is 1.76. The number of rotatable bonds is 7. The Bertz CT molecular complexity index is 586. The lowest BCUT2D eigenvalue weighted by Crippen LogP contribution is -2.16.